The van der Waals surface area contributed by atoms with E-state index in [0.29, 0.717) is 0 Å². The topological polar surface area (TPSA) is 43.8 Å². The van der Waals surface area contributed by atoms with Crippen molar-refractivity contribution >= 4 is 23.2 Å². The minimum atomic E-state index is 0.763. The molecule has 0 saturated carbocycles. The van der Waals surface area contributed by atoms with Crippen LogP contribution < -0.4 is 10.2 Å². The van der Waals surface area contributed by atoms with Gasteiger partial charge >= 0.3 is 0 Å². The van der Waals surface area contributed by atoms with E-state index in [1.54, 1.807) is 6.20 Å². The molecule has 1 aromatic heterocycles. The Balaban J connectivity index is 1.57. The summed E-state index contributed by atoms with van der Waals surface area (Å²) in [6.45, 7) is 7.49. The minimum Gasteiger partial charge on any atom is -0.367 e. The van der Waals surface area contributed by atoms with Gasteiger partial charge in [0.1, 0.15) is 0 Å². The molecule has 0 unspecified atom stereocenters. The summed E-state index contributed by atoms with van der Waals surface area (Å²) in [4.78, 5) is 13.6. The Morgan fingerprint density at radius 2 is 1.96 bits per heavy atom. The van der Waals surface area contributed by atoms with Gasteiger partial charge in [-0.1, -0.05) is 29.8 Å². The molecule has 0 spiro atoms. The lowest BCUT2D eigenvalue weighted by atomic mass is 10.2. The third-order valence-corrected chi connectivity index (χ3v) is 4.81. The number of rotatable bonds is 5. The molecule has 1 N–H and O–H groups in total. The van der Waals surface area contributed by atoms with E-state index < -0.39 is 0 Å². The van der Waals surface area contributed by atoms with E-state index in [2.05, 4.69) is 39.2 Å². The fourth-order valence-corrected chi connectivity index (χ4v) is 3.39. The Labute approximate surface area is 160 Å². The molecule has 2 heterocycles. The zero-order valence-corrected chi connectivity index (χ0v) is 16.0. The van der Waals surface area contributed by atoms with Crippen LogP contribution in [0.25, 0.3) is 0 Å². The standard InChI is InChI=1S/C20H26ClN5/c1-2-23-20(24-11-9-17-6-5-10-22-16-17)26-14-12-25(13-15-26)19-8-4-3-7-18(19)21/h3-8,10,16H,2,9,11-15H2,1H3,(H,23,24). The van der Waals surface area contributed by atoms with Gasteiger partial charge in [0, 0.05) is 51.7 Å². The van der Waals surface area contributed by atoms with Gasteiger partial charge in [0.05, 0.1) is 10.7 Å². The SMILES string of the molecule is CCNC(=NCCc1cccnc1)N1CCN(c2ccccc2Cl)CC1. The first-order chi connectivity index (χ1) is 12.8. The van der Waals surface area contributed by atoms with Crippen LogP contribution in [0, 0.1) is 0 Å². The van der Waals surface area contributed by atoms with Crippen LogP contribution in [0.2, 0.25) is 5.02 Å². The largest absolute Gasteiger partial charge is 0.367 e. The molecule has 6 heteroatoms. The number of benzene rings is 1. The van der Waals surface area contributed by atoms with Gasteiger partial charge in [-0.25, -0.2) is 0 Å². The number of hydrogen-bond acceptors (Lipinski definition) is 3. The molecule has 1 aliphatic rings. The summed E-state index contributed by atoms with van der Waals surface area (Å²) in [6.07, 6.45) is 4.61. The average Bonchev–Trinajstić information content (AvgIpc) is 2.69. The van der Waals surface area contributed by atoms with Crippen molar-refractivity contribution in [2.45, 2.75) is 13.3 Å². The highest BCUT2D eigenvalue weighted by molar-refractivity contribution is 6.33. The van der Waals surface area contributed by atoms with E-state index in [9.17, 15) is 0 Å². The first-order valence-corrected chi connectivity index (χ1v) is 9.57. The lowest BCUT2D eigenvalue weighted by molar-refractivity contribution is 0.372. The molecule has 0 bridgehead atoms. The number of nitrogens with zero attached hydrogens (tertiary/aromatic N) is 4. The van der Waals surface area contributed by atoms with Gasteiger partial charge in [-0.2, -0.15) is 0 Å². The molecule has 0 radical (unpaired) electrons. The monoisotopic (exact) mass is 371 g/mol. The second-order valence-electron chi connectivity index (χ2n) is 6.27. The van der Waals surface area contributed by atoms with Crippen molar-refractivity contribution in [3.8, 4) is 0 Å². The van der Waals surface area contributed by atoms with Crippen LogP contribution in [0.3, 0.4) is 0 Å². The molecule has 0 amide bonds. The summed E-state index contributed by atoms with van der Waals surface area (Å²) in [7, 11) is 0. The maximum atomic E-state index is 6.34. The Morgan fingerprint density at radius 1 is 1.15 bits per heavy atom. The van der Waals surface area contributed by atoms with Crippen molar-refractivity contribution in [3.63, 3.8) is 0 Å². The van der Waals surface area contributed by atoms with Crippen LogP contribution in [-0.4, -0.2) is 55.1 Å². The number of piperazine rings is 1. The van der Waals surface area contributed by atoms with Crippen LogP contribution >= 0.6 is 11.6 Å². The fourth-order valence-electron chi connectivity index (χ4n) is 3.13. The lowest BCUT2D eigenvalue weighted by Crippen LogP contribution is -2.52. The van der Waals surface area contributed by atoms with Crippen LogP contribution in [0.15, 0.2) is 53.8 Å². The first kappa shape index (κ1) is 18.5. The molecular weight excluding hydrogens is 346 g/mol. The normalized spacial score (nSPS) is 15.2. The zero-order valence-electron chi connectivity index (χ0n) is 15.2. The number of aliphatic imine (C=N–C) groups is 1. The maximum absolute atomic E-state index is 6.34. The number of nitrogens with one attached hydrogen (secondary N) is 1. The average molecular weight is 372 g/mol. The van der Waals surface area contributed by atoms with Crippen molar-refractivity contribution in [2.75, 3.05) is 44.2 Å². The Hall–Kier alpha value is -2.27. The summed E-state index contributed by atoms with van der Waals surface area (Å²) in [5, 5.41) is 4.24. The first-order valence-electron chi connectivity index (χ1n) is 9.19. The maximum Gasteiger partial charge on any atom is 0.194 e. The van der Waals surface area contributed by atoms with Crippen LogP contribution in [0.1, 0.15) is 12.5 Å². The fraction of sp³-hybridized carbons (Fsp3) is 0.400. The summed E-state index contributed by atoms with van der Waals surface area (Å²) < 4.78 is 0. The molecule has 5 nitrogen and oxygen atoms in total. The van der Waals surface area contributed by atoms with E-state index in [-0.39, 0.29) is 0 Å². The number of aromatic nitrogens is 1. The Morgan fingerprint density at radius 3 is 2.65 bits per heavy atom. The molecular formula is C20H26ClN5. The molecule has 2 aromatic rings. The summed E-state index contributed by atoms with van der Waals surface area (Å²) >= 11 is 6.34. The second-order valence-corrected chi connectivity index (χ2v) is 6.68. The predicted octanol–water partition coefficient (Wildman–Crippen LogP) is 3.07. The highest BCUT2D eigenvalue weighted by atomic mass is 35.5. The van der Waals surface area contributed by atoms with Crippen molar-refractivity contribution in [1.82, 2.24) is 15.2 Å². The summed E-state index contributed by atoms with van der Waals surface area (Å²) in [5.41, 5.74) is 2.34. The van der Waals surface area contributed by atoms with E-state index in [4.69, 9.17) is 16.6 Å². The van der Waals surface area contributed by atoms with Crippen molar-refractivity contribution in [1.29, 1.82) is 0 Å². The molecule has 26 heavy (non-hydrogen) atoms. The van der Waals surface area contributed by atoms with Gasteiger partial charge in [0.2, 0.25) is 0 Å². The van der Waals surface area contributed by atoms with Crippen LogP contribution in [-0.2, 0) is 6.42 Å². The Bertz CT molecular complexity index is 711. The highest BCUT2D eigenvalue weighted by Gasteiger charge is 2.20. The lowest BCUT2D eigenvalue weighted by Gasteiger charge is -2.38. The van der Waals surface area contributed by atoms with E-state index >= 15 is 0 Å². The van der Waals surface area contributed by atoms with Crippen LogP contribution in [0.5, 0.6) is 0 Å². The van der Waals surface area contributed by atoms with Gasteiger partial charge in [-0.05, 0) is 37.1 Å². The molecule has 1 saturated heterocycles. The molecule has 1 fully saturated rings. The number of hydrogen-bond donors (Lipinski definition) is 1. The van der Waals surface area contributed by atoms with Crippen molar-refractivity contribution < 1.29 is 0 Å². The summed E-state index contributed by atoms with van der Waals surface area (Å²) in [5.74, 6) is 0.996. The molecule has 1 aliphatic heterocycles. The van der Waals surface area contributed by atoms with Gasteiger partial charge in [0.15, 0.2) is 5.96 Å². The van der Waals surface area contributed by atoms with Crippen molar-refractivity contribution in [3.05, 3.63) is 59.4 Å². The molecule has 1 aromatic carbocycles. The van der Waals surface area contributed by atoms with E-state index in [1.807, 2.05) is 30.5 Å². The molecule has 138 valence electrons. The van der Waals surface area contributed by atoms with Gasteiger partial charge in [0.25, 0.3) is 0 Å². The quantitative estimate of drug-likeness (QED) is 0.648. The van der Waals surface area contributed by atoms with Crippen molar-refractivity contribution in [2.24, 2.45) is 4.99 Å². The highest BCUT2D eigenvalue weighted by Crippen LogP contribution is 2.25. The van der Waals surface area contributed by atoms with Gasteiger partial charge in [-0.3, -0.25) is 9.98 Å². The molecule has 3 rings (SSSR count). The number of pyridine rings is 1. The molecule has 0 aliphatic carbocycles. The van der Waals surface area contributed by atoms with Gasteiger partial charge in [-0.15, -0.1) is 0 Å². The zero-order chi connectivity index (χ0) is 18.2. The Kier molecular flexibility index (Phi) is 6.72. The van der Waals surface area contributed by atoms with Crippen LogP contribution in [0.4, 0.5) is 5.69 Å². The smallest absolute Gasteiger partial charge is 0.194 e. The van der Waals surface area contributed by atoms with E-state index in [1.165, 1.54) is 5.56 Å². The predicted molar refractivity (Wildman–Crippen MR) is 109 cm³/mol. The minimum absolute atomic E-state index is 0.763. The second kappa shape index (κ2) is 9.43. The van der Waals surface area contributed by atoms with E-state index in [0.717, 1.165) is 62.4 Å². The summed E-state index contributed by atoms with van der Waals surface area (Å²) in [6, 6.07) is 12.1. The van der Waals surface area contributed by atoms with Gasteiger partial charge < -0.3 is 15.1 Å². The molecule has 0 atom stereocenters. The number of halogens is 1. The number of anilines is 1. The number of guanidine groups is 1. The third kappa shape index (κ3) is 4.88. The third-order valence-electron chi connectivity index (χ3n) is 4.49. The number of para-hydroxylation sites is 1.